The number of aliphatic hydroxyl groups is 1. The average Bonchev–Trinajstić information content (AvgIpc) is 2.52. The van der Waals surface area contributed by atoms with Gasteiger partial charge in [-0.05, 0) is 6.42 Å². The molecule has 0 aromatic heterocycles. The minimum atomic E-state index is -0.357. The lowest BCUT2D eigenvalue weighted by atomic mass is 10.3. The Labute approximate surface area is 81.5 Å². The molecule has 0 saturated carbocycles. The van der Waals surface area contributed by atoms with Crippen LogP contribution < -0.4 is 0 Å². The molecule has 0 spiro atoms. The van der Waals surface area contributed by atoms with Crippen LogP contribution >= 0.6 is 11.8 Å². The molecule has 5 heteroatoms. The summed E-state index contributed by atoms with van der Waals surface area (Å²) in [6.07, 6.45) is 0.319. The van der Waals surface area contributed by atoms with Gasteiger partial charge in [0.15, 0.2) is 0 Å². The van der Waals surface area contributed by atoms with E-state index < -0.39 is 0 Å². The Hall–Kier alpha value is -0.730. The van der Waals surface area contributed by atoms with E-state index >= 15 is 0 Å². The zero-order chi connectivity index (χ0) is 9.68. The van der Waals surface area contributed by atoms with Gasteiger partial charge in [-0.1, -0.05) is 0 Å². The second-order valence-electron chi connectivity index (χ2n) is 2.93. The summed E-state index contributed by atoms with van der Waals surface area (Å²) in [6.45, 7) is 1.10. The monoisotopic (exact) mass is 200 g/mol. The van der Waals surface area contributed by atoms with Crippen molar-refractivity contribution in [2.24, 2.45) is 0 Å². The number of carbonyl (C=O) groups is 1. The predicted molar refractivity (Wildman–Crippen MR) is 50.1 cm³/mol. The molecule has 72 valence electrons. The molecular weight excluding hydrogens is 188 g/mol. The third-order valence-corrected chi connectivity index (χ3v) is 2.69. The fourth-order valence-electron chi connectivity index (χ4n) is 1.24. The van der Waals surface area contributed by atoms with Crippen molar-refractivity contribution in [2.75, 3.05) is 24.6 Å². The Morgan fingerprint density at radius 1 is 1.77 bits per heavy atom. The van der Waals surface area contributed by atoms with E-state index in [1.54, 1.807) is 4.90 Å². The van der Waals surface area contributed by atoms with Crippen molar-refractivity contribution in [3.8, 4) is 6.07 Å². The van der Waals surface area contributed by atoms with Crippen molar-refractivity contribution >= 4 is 17.7 Å². The first-order chi connectivity index (χ1) is 6.24. The number of β-amino-alcohol motifs (C(OH)–C–C–N with tert-alkyl or cyclic N) is 1. The van der Waals surface area contributed by atoms with Gasteiger partial charge in [-0.25, -0.2) is 0 Å². The second kappa shape index (κ2) is 5.10. The zero-order valence-electron chi connectivity index (χ0n) is 7.27. The Balaban J connectivity index is 2.21. The summed E-state index contributed by atoms with van der Waals surface area (Å²) in [4.78, 5) is 13.0. The number of amides is 1. The smallest absolute Gasteiger partial charge is 0.232 e. The predicted octanol–water partition coefficient (Wildman–Crippen LogP) is -0.164. The Morgan fingerprint density at radius 3 is 3.08 bits per heavy atom. The van der Waals surface area contributed by atoms with E-state index in [4.69, 9.17) is 10.4 Å². The fraction of sp³-hybridized carbons (Fsp3) is 0.750. The van der Waals surface area contributed by atoms with Crippen molar-refractivity contribution in [1.29, 1.82) is 5.26 Å². The lowest BCUT2D eigenvalue weighted by Gasteiger charge is -2.14. The molecule has 0 aromatic carbocycles. The van der Waals surface area contributed by atoms with E-state index in [2.05, 4.69) is 0 Å². The molecule has 4 nitrogen and oxygen atoms in total. The van der Waals surface area contributed by atoms with Gasteiger partial charge in [-0.3, -0.25) is 4.79 Å². The SMILES string of the molecule is N#CCSCC(=O)N1CC[C@H](O)C1. The van der Waals surface area contributed by atoms with Gasteiger partial charge >= 0.3 is 0 Å². The highest BCUT2D eigenvalue weighted by molar-refractivity contribution is 8.00. The van der Waals surface area contributed by atoms with Crippen LogP contribution in [-0.2, 0) is 4.79 Å². The molecule has 0 aliphatic carbocycles. The van der Waals surface area contributed by atoms with Gasteiger partial charge in [0, 0.05) is 13.1 Å². The van der Waals surface area contributed by atoms with Gasteiger partial charge < -0.3 is 10.0 Å². The van der Waals surface area contributed by atoms with Crippen LogP contribution in [0.2, 0.25) is 0 Å². The molecule has 1 rings (SSSR count). The first-order valence-electron chi connectivity index (χ1n) is 4.14. The number of aliphatic hydroxyl groups excluding tert-OH is 1. The number of carbonyl (C=O) groups excluding carboxylic acids is 1. The maximum absolute atomic E-state index is 11.4. The van der Waals surface area contributed by atoms with Crippen molar-refractivity contribution in [1.82, 2.24) is 4.90 Å². The Kier molecular flexibility index (Phi) is 4.06. The quantitative estimate of drug-likeness (QED) is 0.643. The minimum absolute atomic E-state index is 0.0248. The maximum atomic E-state index is 11.4. The summed E-state index contributed by atoms with van der Waals surface area (Å²) < 4.78 is 0. The van der Waals surface area contributed by atoms with Gasteiger partial charge in [0.05, 0.1) is 23.7 Å². The third kappa shape index (κ3) is 3.25. The fourth-order valence-corrected chi connectivity index (χ4v) is 1.79. The van der Waals surface area contributed by atoms with Crippen LogP contribution in [0.3, 0.4) is 0 Å². The standard InChI is InChI=1S/C8H12N2O2S/c9-2-4-13-6-8(12)10-3-1-7(11)5-10/h7,11H,1,3-6H2/t7-/m0/s1. The summed E-state index contributed by atoms with van der Waals surface area (Å²) in [5.74, 6) is 0.722. The highest BCUT2D eigenvalue weighted by Crippen LogP contribution is 2.11. The first-order valence-corrected chi connectivity index (χ1v) is 5.30. The number of hydrogen-bond donors (Lipinski definition) is 1. The number of nitriles is 1. The highest BCUT2D eigenvalue weighted by Gasteiger charge is 2.23. The van der Waals surface area contributed by atoms with Crippen LogP contribution in [0.4, 0.5) is 0 Å². The summed E-state index contributed by atoms with van der Waals surface area (Å²) in [6, 6.07) is 1.97. The summed E-state index contributed by atoms with van der Waals surface area (Å²) in [5, 5.41) is 17.4. The molecule has 1 atom stereocenters. The van der Waals surface area contributed by atoms with E-state index in [-0.39, 0.29) is 12.0 Å². The van der Waals surface area contributed by atoms with Crippen LogP contribution in [0.1, 0.15) is 6.42 Å². The van der Waals surface area contributed by atoms with E-state index in [9.17, 15) is 4.79 Å². The maximum Gasteiger partial charge on any atom is 0.232 e. The molecule has 1 saturated heterocycles. The summed E-state index contributed by atoms with van der Waals surface area (Å²) in [7, 11) is 0. The van der Waals surface area contributed by atoms with E-state index in [0.717, 1.165) is 0 Å². The third-order valence-electron chi connectivity index (χ3n) is 1.91. The van der Waals surface area contributed by atoms with Gasteiger partial charge in [0.2, 0.25) is 5.91 Å². The van der Waals surface area contributed by atoms with Crippen LogP contribution in [0.25, 0.3) is 0 Å². The average molecular weight is 200 g/mol. The van der Waals surface area contributed by atoms with Gasteiger partial charge in [0.1, 0.15) is 0 Å². The lowest BCUT2D eigenvalue weighted by Crippen LogP contribution is -2.31. The number of nitrogens with zero attached hydrogens (tertiary/aromatic N) is 2. The summed E-state index contributed by atoms with van der Waals surface area (Å²) in [5.41, 5.74) is 0. The number of rotatable bonds is 3. The van der Waals surface area contributed by atoms with Crippen LogP contribution in [-0.4, -0.2) is 46.6 Å². The van der Waals surface area contributed by atoms with E-state index in [1.807, 2.05) is 6.07 Å². The largest absolute Gasteiger partial charge is 0.391 e. The van der Waals surface area contributed by atoms with Crippen molar-refractivity contribution in [3.63, 3.8) is 0 Å². The van der Waals surface area contributed by atoms with E-state index in [1.165, 1.54) is 11.8 Å². The van der Waals surface area contributed by atoms with Gasteiger partial charge in [-0.15, -0.1) is 11.8 Å². The van der Waals surface area contributed by atoms with Crippen molar-refractivity contribution in [2.45, 2.75) is 12.5 Å². The van der Waals surface area contributed by atoms with Crippen LogP contribution in [0.5, 0.6) is 0 Å². The molecule has 0 radical (unpaired) electrons. The molecule has 0 aromatic rings. The van der Waals surface area contributed by atoms with Crippen molar-refractivity contribution in [3.05, 3.63) is 0 Å². The summed E-state index contributed by atoms with van der Waals surface area (Å²) >= 11 is 1.32. The van der Waals surface area contributed by atoms with Crippen LogP contribution in [0, 0.1) is 11.3 Å². The highest BCUT2D eigenvalue weighted by atomic mass is 32.2. The molecule has 1 heterocycles. The molecular formula is C8H12N2O2S. The minimum Gasteiger partial charge on any atom is -0.391 e. The molecule has 13 heavy (non-hydrogen) atoms. The molecule has 1 N–H and O–H groups in total. The first kappa shape index (κ1) is 10.4. The van der Waals surface area contributed by atoms with Crippen LogP contribution in [0.15, 0.2) is 0 Å². The second-order valence-corrected chi connectivity index (χ2v) is 3.92. The number of likely N-dealkylation sites (tertiary alicyclic amines) is 1. The molecule has 1 fully saturated rings. The molecule has 1 aliphatic rings. The number of hydrogen-bond acceptors (Lipinski definition) is 4. The Bertz CT molecular complexity index is 227. The number of thioether (sulfide) groups is 1. The van der Waals surface area contributed by atoms with Gasteiger partial charge in [0.25, 0.3) is 0 Å². The molecule has 1 amide bonds. The molecule has 0 unspecified atom stereocenters. The zero-order valence-corrected chi connectivity index (χ0v) is 8.09. The topological polar surface area (TPSA) is 64.3 Å². The van der Waals surface area contributed by atoms with Crippen molar-refractivity contribution < 1.29 is 9.90 Å². The Morgan fingerprint density at radius 2 is 2.54 bits per heavy atom. The normalized spacial score (nSPS) is 21.5. The molecule has 0 bridgehead atoms. The van der Waals surface area contributed by atoms with E-state index in [0.29, 0.717) is 31.0 Å². The molecule has 1 aliphatic heterocycles. The lowest BCUT2D eigenvalue weighted by molar-refractivity contribution is -0.127. The van der Waals surface area contributed by atoms with Gasteiger partial charge in [-0.2, -0.15) is 5.26 Å².